The Kier molecular flexibility index (Phi) is 196. The second-order valence-corrected chi connectivity index (χ2v) is 0. The summed E-state index contributed by atoms with van der Waals surface area (Å²) < 4.78 is 0. The third kappa shape index (κ3) is 18.4. The van der Waals surface area contributed by atoms with Crippen LogP contribution in [0, 0.1) is 0 Å². The molecule has 0 N–H and O–H groups in total. The van der Waals surface area contributed by atoms with Crippen molar-refractivity contribution < 1.29 is 109 Å². The Morgan fingerprint density at radius 3 is 0.400 bits per heavy atom. The molecule has 21 valence electrons. The molecule has 0 bridgehead atoms. The SMILES string of the molecule is [Nb].[Ti].[Ti].[Ti].[Ti]. The van der Waals surface area contributed by atoms with Crippen molar-refractivity contribution in [3.05, 3.63) is 0 Å². The molecule has 5 heavy (non-hydrogen) atoms. The summed E-state index contributed by atoms with van der Waals surface area (Å²) >= 11 is 0. The van der Waals surface area contributed by atoms with Crippen LogP contribution < -0.4 is 0 Å². The van der Waals surface area contributed by atoms with E-state index in [9.17, 15) is 0 Å². The second kappa shape index (κ2) is 25.6. The average Bonchev–Trinajstić information content (AvgIpc) is 0. The van der Waals surface area contributed by atoms with Gasteiger partial charge in [-0.3, -0.25) is 0 Å². The first-order valence-corrected chi connectivity index (χ1v) is 0. The van der Waals surface area contributed by atoms with Crippen LogP contribution in [0.1, 0.15) is 0 Å². The van der Waals surface area contributed by atoms with E-state index in [1.807, 2.05) is 0 Å². The van der Waals surface area contributed by atoms with Gasteiger partial charge in [-0.2, -0.15) is 0 Å². The molecular weight excluding hydrogens is 284 g/mol. The molecule has 0 fully saturated rings. The van der Waals surface area contributed by atoms with Crippen LogP contribution >= 0.6 is 0 Å². The van der Waals surface area contributed by atoms with Crippen LogP contribution in [0.5, 0.6) is 0 Å². The van der Waals surface area contributed by atoms with Gasteiger partial charge in [0.25, 0.3) is 0 Å². The van der Waals surface area contributed by atoms with Gasteiger partial charge in [-0.1, -0.05) is 0 Å². The second-order valence-electron chi connectivity index (χ2n) is 0. The van der Waals surface area contributed by atoms with Gasteiger partial charge in [-0.25, -0.2) is 0 Å². The van der Waals surface area contributed by atoms with E-state index in [2.05, 4.69) is 0 Å². The summed E-state index contributed by atoms with van der Waals surface area (Å²) in [5, 5.41) is 0. The van der Waals surface area contributed by atoms with Crippen molar-refractivity contribution in [2.75, 3.05) is 0 Å². The normalized spacial score (nSPS) is 0. The molecule has 0 saturated heterocycles. The van der Waals surface area contributed by atoms with Crippen LogP contribution in [-0.2, 0) is 109 Å². The van der Waals surface area contributed by atoms with Gasteiger partial charge < -0.3 is 0 Å². The van der Waals surface area contributed by atoms with Gasteiger partial charge in [0.15, 0.2) is 0 Å². The molecule has 0 atom stereocenters. The van der Waals surface area contributed by atoms with E-state index < -0.39 is 0 Å². The fraction of sp³-hybridized carbons (Fsp3) is 0. The third-order valence-corrected chi connectivity index (χ3v) is 0. The van der Waals surface area contributed by atoms with Gasteiger partial charge in [0, 0.05) is 109 Å². The topological polar surface area (TPSA) is 0 Å². The van der Waals surface area contributed by atoms with Crippen LogP contribution in [0.2, 0.25) is 0 Å². The molecule has 0 aromatic rings. The van der Waals surface area contributed by atoms with Crippen molar-refractivity contribution in [2.24, 2.45) is 0 Å². The third-order valence-electron chi connectivity index (χ3n) is 0. The monoisotopic (exact) mass is 285 g/mol. The molecule has 0 heterocycles. The molecule has 5 heteroatoms. The van der Waals surface area contributed by atoms with Crippen LogP contribution in [-0.4, -0.2) is 0 Å². The summed E-state index contributed by atoms with van der Waals surface area (Å²) in [5.41, 5.74) is 0. The Hall–Kier alpha value is 3.60. The molecule has 0 spiro atoms. The first-order chi connectivity index (χ1) is 0. The van der Waals surface area contributed by atoms with E-state index in [1.165, 1.54) is 0 Å². The zero-order valence-corrected chi connectivity index (χ0v) is 10.9. The van der Waals surface area contributed by atoms with E-state index in [-0.39, 0.29) is 109 Å². The molecule has 0 rings (SSSR count). The van der Waals surface area contributed by atoms with Crippen molar-refractivity contribution in [1.29, 1.82) is 0 Å². The number of hydrogen-bond donors (Lipinski definition) is 0. The van der Waals surface area contributed by atoms with Gasteiger partial charge in [0.05, 0.1) is 0 Å². The van der Waals surface area contributed by atoms with Gasteiger partial charge in [-0.15, -0.1) is 0 Å². The number of hydrogen-bond acceptors (Lipinski definition) is 0. The minimum atomic E-state index is 0. The molecule has 0 unspecified atom stereocenters. The predicted molar refractivity (Wildman–Crippen MR) is 0 cm³/mol. The standard InChI is InChI=1S/Nb.4Ti. The van der Waals surface area contributed by atoms with Gasteiger partial charge in [0.1, 0.15) is 0 Å². The minimum Gasteiger partial charge on any atom is 0 e. The fourth-order valence-corrected chi connectivity index (χ4v) is 0. The summed E-state index contributed by atoms with van der Waals surface area (Å²) in [6, 6.07) is 0. The molecule has 1 radical (unpaired) electrons. The molecular formula is NbTi4. The zero-order valence-electron chi connectivity index (χ0n) is 2.45. The van der Waals surface area contributed by atoms with Crippen molar-refractivity contribution in [3.8, 4) is 0 Å². The van der Waals surface area contributed by atoms with Crippen LogP contribution in [0.3, 0.4) is 0 Å². The first-order valence-electron chi connectivity index (χ1n) is 0. The van der Waals surface area contributed by atoms with Crippen LogP contribution in [0.15, 0.2) is 0 Å². The van der Waals surface area contributed by atoms with E-state index in [1.54, 1.807) is 0 Å². The average molecular weight is 284 g/mol. The Morgan fingerprint density at radius 2 is 0.400 bits per heavy atom. The molecule has 0 amide bonds. The molecule has 0 aromatic carbocycles. The van der Waals surface area contributed by atoms with Crippen molar-refractivity contribution >= 4 is 0 Å². The summed E-state index contributed by atoms with van der Waals surface area (Å²) in [5.74, 6) is 0. The quantitative estimate of drug-likeness (QED) is 0.549. The molecule has 0 saturated carbocycles. The van der Waals surface area contributed by atoms with E-state index >= 15 is 0 Å². The maximum atomic E-state index is 0. The molecule has 0 aliphatic heterocycles. The van der Waals surface area contributed by atoms with E-state index in [4.69, 9.17) is 0 Å². The fourth-order valence-electron chi connectivity index (χ4n) is 0. The molecule has 0 aliphatic rings. The number of rotatable bonds is 0. The molecule has 0 aliphatic carbocycles. The summed E-state index contributed by atoms with van der Waals surface area (Å²) in [7, 11) is 0. The maximum Gasteiger partial charge on any atom is 0 e. The summed E-state index contributed by atoms with van der Waals surface area (Å²) in [6.45, 7) is 0. The van der Waals surface area contributed by atoms with Crippen molar-refractivity contribution in [1.82, 2.24) is 0 Å². The first kappa shape index (κ1) is 38.3. The Bertz CT molecular complexity index is 3.61. The largest absolute Gasteiger partial charge is 0 e. The van der Waals surface area contributed by atoms with Crippen LogP contribution in [0.4, 0.5) is 0 Å². The maximum absolute atomic E-state index is 0. The van der Waals surface area contributed by atoms with Gasteiger partial charge in [0.2, 0.25) is 0 Å². The van der Waals surface area contributed by atoms with Crippen LogP contribution in [0.25, 0.3) is 0 Å². The van der Waals surface area contributed by atoms with Gasteiger partial charge >= 0.3 is 0 Å². The Morgan fingerprint density at radius 1 is 0.400 bits per heavy atom. The molecule has 0 nitrogen and oxygen atoms in total. The predicted octanol–water partition coefficient (Wildman–Crippen LogP) is -0.0125. The minimum absolute atomic E-state index is 0. The zero-order chi connectivity index (χ0) is 0. The van der Waals surface area contributed by atoms with E-state index in [0.29, 0.717) is 0 Å². The van der Waals surface area contributed by atoms with E-state index in [0.717, 1.165) is 0 Å². The van der Waals surface area contributed by atoms with Crippen molar-refractivity contribution in [3.63, 3.8) is 0 Å². The summed E-state index contributed by atoms with van der Waals surface area (Å²) in [4.78, 5) is 0. The Balaban J connectivity index is 0. The molecule has 0 aromatic heterocycles. The summed E-state index contributed by atoms with van der Waals surface area (Å²) in [6.07, 6.45) is 0. The van der Waals surface area contributed by atoms with Gasteiger partial charge in [-0.05, 0) is 0 Å². The Labute approximate surface area is 107 Å². The smallest absolute Gasteiger partial charge is 0 e. The van der Waals surface area contributed by atoms with Crippen molar-refractivity contribution in [2.45, 2.75) is 0 Å².